The van der Waals surface area contributed by atoms with Crippen molar-refractivity contribution in [1.29, 1.82) is 0 Å². The first kappa shape index (κ1) is 31.9. The van der Waals surface area contributed by atoms with Crippen LogP contribution in [0, 0.1) is 11.8 Å². The van der Waals surface area contributed by atoms with E-state index in [1.807, 2.05) is 13.8 Å². The molecule has 6 N–H and O–H groups in total. The maximum absolute atomic E-state index is 13.1. The van der Waals surface area contributed by atoms with E-state index in [0.29, 0.717) is 25.8 Å². The van der Waals surface area contributed by atoms with Crippen molar-refractivity contribution in [3.63, 3.8) is 0 Å². The number of carbonyl (C=O) groups is 4. The number of amides is 4. The maximum atomic E-state index is 13.1. The van der Waals surface area contributed by atoms with Gasteiger partial charge in [0.05, 0.1) is 6.54 Å². The molecule has 0 aromatic carbocycles. The molecule has 0 aliphatic carbocycles. The molecule has 4 atom stereocenters. The molecule has 208 valence electrons. The zero-order chi connectivity index (χ0) is 26.9. The predicted molar refractivity (Wildman–Crippen MR) is 143 cm³/mol. The van der Waals surface area contributed by atoms with Gasteiger partial charge in [-0.2, -0.15) is 0 Å². The Morgan fingerprint density at radius 3 is 2.11 bits per heavy atom. The Labute approximate surface area is 217 Å². The van der Waals surface area contributed by atoms with E-state index in [1.54, 1.807) is 0 Å². The summed E-state index contributed by atoms with van der Waals surface area (Å²) in [6.45, 7) is 8.43. The van der Waals surface area contributed by atoms with Crippen LogP contribution in [0.25, 0.3) is 0 Å². The van der Waals surface area contributed by atoms with E-state index in [9.17, 15) is 19.2 Å². The predicted octanol–water partition coefficient (Wildman–Crippen LogP) is 2.52. The second-order valence-electron chi connectivity index (χ2n) is 10.7. The zero-order valence-corrected chi connectivity index (χ0v) is 23.0. The number of carbonyl (C=O) groups excluding carboxylic acids is 4. The van der Waals surface area contributed by atoms with Crippen LogP contribution in [0.15, 0.2) is 0 Å². The molecule has 0 spiro atoms. The fourth-order valence-electron chi connectivity index (χ4n) is 4.41. The maximum Gasteiger partial charge on any atom is 0.243 e. The van der Waals surface area contributed by atoms with Gasteiger partial charge in [0.1, 0.15) is 12.1 Å². The average molecular weight is 510 g/mol. The smallest absolute Gasteiger partial charge is 0.243 e. The number of nitrogens with two attached hydrogens (primary N) is 1. The molecule has 1 heterocycles. The van der Waals surface area contributed by atoms with Gasteiger partial charge in [0.2, 0.25) is 23.6 Å². The summed E-state index contributed by atoms with van der Waals surface area (Å²) in [4.78, 5) is 50.9. The summed E-state index contributed by atoms with van der Waals surface area (Å²) in [5.41, 5.74) is 5.58. The Balaban J connectivity index is 2.73. The van der Waals surface area contributed by atoms with Crippen molar-refractivity contribution in [2.24, 2.45) is 17.6 Å². The molecule has 0 aromatic rings. The number of hydrogen-bond acceptors (Lipinski definition) is 5. The molecule has 0 bridgehead atoms. The second kappa shape index (κ2) is 18.1. The van der Waals surface area contributed by atoms with Gasteiger partial charge < -0.3 is 27.0 Å². The Morgan fingerprint density at radius 2 is 1.47 bits per heavy atom. The molecular formula is C27H51N5O4. The molecule has 0 radical (unpaired) electrons. The summed E-state index contributed by atoms with van der Waals surface area (Å²) < 4.78 is 0. The lowest BCUT2D eigenvalue weighted by molar-refractivity contribution is -0.133. The highest BCUT2D eigenvalue weighted by molar-refractivity contribution is 5.94. The number of hydrogen-bond donors (Lipinski definition) is 5. The van der Waals surface area contributed by atoms with Crippen LogP contribution in [0.5, 0.6) is 0 Å². The molecule has 1 rings (SSSR count). The minimum Gasteiger partial charge on any atom is -0.351 e. The molecule has 36 heavy (non-hydrogen) atoms. The van der Waals surface area contributed by atoms with Crippen molar-refractivity contribution in [3.05, 3.63) is 0 Å². The molecule has 1 aliphatic rings. The summed E-state index contributed by atoms with van der Waals surface area (Å²) in [6.07, 6.45) is 11.0. The van der Waals surface area contributed by atoms with E-state index in [0.717, 1.165) is 25.2 Å². The van der Waals surface area contributed by atoms with Crippen molar-refractivity contribution in [2.75, 3.05) is 13.1 Å². The van der Waals surface area contributed by atoms with Crippen molar-refractivity contribution in [3.8, 4) is 0 Å². The highest BCUT2D eigenvalue weighted by atomic mass is 16.2. The fourth-order valence-corrected chi connectivity index (χ4v) is 4.41. The van der Waals surface area contributed by atoms with Gasteiger partial charge in [-0.05, 0) is 37.6 Å². The first-order valence-electron chi connectivity index (χ1n) is 14.0. The quantitative estimate of drug-likeness (QED) is 0.229. The number of nitrogens with one attached hydrogen (secondary N) is 4. The minimum atomic E-state index is -0.811. The van der Waals surface area contributed by atoms with E-state index >= 15 is 0 Å². The number of rotatable bonds is 14. The van der Waals surface area contributed by atoms with E-state index in [1.165, 1.54) is 32.1 Å². The van der Waals surface area contributed by atoms with Gasteiger partial charge in [-0.1, -0.05) is 79.1 Å². The van der Waals surface area contributed by atoms with Crippen LogP contribution in [-0.4, -0.2) is 54.8 Å². The van der Waals surface area contributed by atoms with E-state index < -0.39 is 23.9 Å². The van der Waals surface area contributed by atoms with Gasteiger partial charge in [0.15, 0.2) is 0 Å². The molecular weight excluding hydrogens is 458 g/mol. The van der Waals surface area contributed by atoms with E-state index in [4.69, 9.17) is 5.73 Å². The van der Waals surface area contributed by atoms with Crippen molar-refractivity contribution in [1.82, 2.24) is 21.3 Å². The molecule has 0 aromatic heterocycles. The van der Waals surface area contributed by atoms with Gasteiger partial charge in [0, 0.05) is 12.5 Å². The lowest BCUT2D eigenvalue weighted by atomic mass is 9.98. The second-order valence-corrected chi connectivity index (χ2v) is 10.7. The van der Waals surface area contributed by atoms with Crippen LogP contribution in [-0.2, 0) is 19.2 Å². The van der Waals surface area contributed by atoms with Gasteiger partial charge in [-0.15, -0.1) is 0 Å². The SMILES string of the molecule is CCC(C)CCCCCCCCC1CC(=O)NCC(=O)N[C@@H](CCCN)C(=O)N[C@@H](C(C)C)C(=O)N1. The molecule has 9 nitrogen and oxygen atoms in total. The van der Waals surface area contributed by atoms with Crippen molar-refractivity contribution < 1.29 is 19.2 Å². The zero-order valence-electron chi connectivity index (χ0n) is 23.0. The van der Waals surface area contributed by atoms with Crippen LogP contribution >= 0.6 is 0 Å². The Kier molecular flexibility index (Phi) is 16.1. The Hall–Kier alpha value is -2.16. The minimum absolute atomic E-state index is 0.100. The monoisotopic (exact) mass is 509 g/mol. The largest absolute Gasteiger partial charge is 0.351 e. The molecule has 1 aliphatic heterocycles. The Bertz CT molecular complexity index is 685. The third-order valence-corrected chi connectivity index (χ3v) is 7.02. The lowest BCUT2D eigenvalue weighted by Crippen LogP contribution is -2.56. The highest BCUT2D eigenvalue weighted by Crippen LogP contribution is 2.16. The highest BCUT2D eigenvalue weighted by Gasteiger charge is 2.30. The van der Waals surface area contributed by atoms with Gasteiger partial charge in [-0.25, -0.2) is 0 Å². The average Bonchev–Trinajstić information content (AvgIpc) is 2.84. The lowest BCUT2D eigenvalue weighted by Gasteiger charge is -2.27. The summed E-state index contributed by atoms with van der Waals surface area (Å²) in [5.74, 6) is -0.809. The van der Waals surface area contributed by atoms with Crippen LogP contribution in [0.1, 0.15) is 105 Å². The van der Waals surface area contributed by atoms with Crippen LogP contribution in [0.3, 0.4) is 0 Å². The van der Waals surface area contributed by atoms with Crippen molar-refractivity contribution in [2.45, 2.75) is 123 Å². The van der Waals surface area contributed by atoms with Gasteiger partial charge in [-0.3, -0.25) is 19.2 Å². The molecule has 1 saturated heterocycles. The van der Waals surface area contributed by atoms with Crippen LogP contribution in [0.4, 0.5) is 0 Å². The topological polar surface area (TPSA) is 142 Å². The molecule has 0 saturated carbocycles. The molecule has 9 heteroatoms. The van der Waals surface area contributed by atoms with Gasteiger partial charge in [0.25, 0.3) is 0 Å². The summed E-state index contributed by atoms with van der Waals surface area (Å²) >= 11 is 0. The van der Waals surface area contributed by atoms with Crippen LogP contribution in [0.2, 0.25) is 0 Å². The fraction of sp³-hybridized carbons (Fsp3) is 0.852. The third-order valence-electron chi connectivity index (χ3n) is 7.02. The molecule has 2 unspecified atom stereocenters. The first-order valence-corrected chi connectivity index (χ1v) is 14.0. The van der Waals surface area contributed by atoms with Crippen molar-refractivity contribution >= 4 is 23.6 Å². The first-order chi connectivity index (χ1) is 17.2. The molecule has 1 fully saturated rings. The van der Waals surface area contributed by atoms with E-state index in [2.05, 4.69) is 35.1 Å². The van der Waals surface area contributed by atoms with E-state index in [-0.39, 0.29) is 36.7 Å². The van der Waals surface area contributed by atoms with Crippen LogP contribution < -0.4 is 27.0 Å². The summed E-state index contributed by atoms with van der Waals surface area (Å²) in [5, 5.41) is 11.1. The standard InChI is InChI=1S/C27H51N5O4/c1-5-20(4)13-10-8-6-7-9-11-14-21-17-23(33)29-18-24(34)31-22(15-12-16-28)26(35)32-25(19(2)3)27(36)30-21/h19-22,25H,5-18,28H2,1-4H3,(H,29,33)(H,30,36)(H,31,34)(H,32,35)/t20?,21?,22-,25-/m0/s1. The molecule has 4 amide bonds. The normalized spacial score (nSPS) is 23.0. The summed E-state index contributed by atoms with van der Waals surface area (Å²) in [6, 6.07) is -1.92. The Morgan fingerprint density at radius 1 is 0.806 bits per heavy atom. The third kappa shape index (κ3) is 13.2. The number of unbranched alkanes of at least 4 members (excludes halogenated alkanes) is 5. The van der Waals surface area contributed by atoms with Gasteiger partial charge >= 0.3 is 0 Å². The summed E-state index contributed by atoms with van der Waals surface area (Å²) in [7, 11) is 0.